The molecule has 0 bridgehead atoms. The van der Waals surface area contributed by atoms with Gasteiger partial charge in [-0.25, -0.2) is 12.8 Å². The lowest BCUT2D eigenvalue weighted by Crippen LogP contribution is -2.18. The number of halogens is 1. The van der Waals surface area contributed by atoms with Crippen molar-refractivity contribution in [2.75, 3.05) is 24.3 Å². The molecule has 0 aromatic heterocycles. The number of hydrogen-bond donors (Lipinski definition) is 1. The van der Waals surface area contributed by atoms with E-state index < -0.39 is 15.7 Å². The van der Waals surface area contributed by atoms with Gasteiger partial charge in [0.25, 0.3) is 5.91 Å². The zero-order valence-electron chi connectivity index (χ0n) is 14.4. The molecular weight excluding hydrogens is 357 g/mol. The third kappa shape index (κ3) is 4.28. The summed E-state index contributed by atoms with van der Waals surface area (Å²) in [6.45, 7) is 2.63. The zero-order chi connectivity index (χ0) is 18.7. The molecular formula is C19H20FNO4S. The molecule has 0 aliphatic carbocycles. The molecule has 138 valence electrons. The summed E-state index contributed by atoms with van der Waals surface area (Å²) in [5.41, 5.74) is 1.10. The first-order chi connectivity index (χ1) is 12.3. The number of hydrogen-bond acceptors (Lipinski definition) is 4. The minimum atomic E-state index is -3.49. The van der Waals surface area contributed by atoms with E-state index in [1.807, 2.05) is 0 Å². The summed E-state index contributed by atoms with van der Waals surface area (Å²) in [5.74, 6) is -0.807. The Morgan fingerprint density at radius 1 is 1.27 bits per heavy atom. The van der Waals surface area contributed by atoms with E-state index in [1.54, 1.807) is 19.1 Å². The maximum absolute atomic E-state index is 13.3. The molecule has 7 heteroatoms. The zero-order valence-corrected chi connectivity index (χ0v) is 15.2. The van der Waals surface area contributed by atoms with Gasteiger partial charge in [-0.1, -0.05) is 6.07 Å². The number of anilines is 1. The Kier molecular flexibility index (Phi) is 5.38. The predicted octanol–water partition coefficient (Wildman–Crippen LogP) is 3.20. The van der Waals surface area contributed by atoms with Crippen LogP contribution in [0.2, 0.25) is 0 Å². The first-order valence-corrected chi connectivity index (χ1v) is 9.98. The van der Waals surface area contributed by atoms with E-state index in [9.17, 15) is 17.6 Å². The van der Waals surface area contributed by atoms with Crippen LogP contribution in [-0.2, 0) is 14.6 Å². The number of amides is 1. The van der Waals surface area contributed by atoms with Crippen LogP contribution in [0.15, 0.2) is 47.4 Å². The minimum Gasteiger partial charge on any atom is -0.381 e. The molecule has 1 fully saturated rings. The third-order valence-electron chi connectivity index (χ3n) is 4.35. The van der Waals surface area contributed by atoms with E-state index in [1.165, 1.54) is 30.3 Å². The van der Waals surface area contributed by atoms with Crippen LogP contribution in [0.25, 0.3) is 0 Å². The van der Waals surface area contributed by atoms with Gasteiger partial charge in [0.15, 0.2) is 9.84 Å². The normalized spacial score (nSPS) is 17.2. The number of rotatable bonds is 5. The number of carbonyl (C=O) groups excluding carboxylic acids is 1. The van der Waals surface area contributed by atoms with Crippen LogP contribution in [0.5, 0.6) is 0 Å². The van der Waals surface area contributed by atoms with Crippen molar-refractivity contribution >= 4 is 21.4 Å². The lowest BCUT2D eigenvalue weighted by atomic mass is 10.2. The number of ether oxygens (including phenoxy) is 1. The highest BCUT2D eigenvalue weighted by Crippen LogP contribution is 2.21. The minimum absolute atomic E-state index is 0.00916. The Bertz CT molecular complexity index is 921. The summed E-state index contributed by atoms with van der Waals surface area (Å²) in [4.78, 5) is 12.5. The summed E-state index contributed by atoms with van der Waals surface area (Å²) in [6, 6.07) is 10.2. The number of aryl methyl sites for hydroxylation is 1. The highest BCUT2D eigenvalue weighted by Gasteiger charge is 2.25. The smallest absolute Gasteiger partial charge is 0.255 e. The number of sulfone groups is 1. The van der Waals surface area contributed by atoms with Crippen molar-refractivity contribution in [2.45, 2.75) is 18.2 Å². The van der Waals surface area contributed by atoms with Gasteiger partial charge in [-0.2, -0.15) is 0 Å². The Morgan fingerprint density at radius 2 is 2.08 bits per heavy atom. The Morgan fingerprint density at radius 3 is 2.77 bits per heavy atom. The Labute approximate surface area is 152 Å². The van der Waals surface area contributed by atoms with Gasteiger partial charge in [0.2, 0.25) is 0 Å². The van der Waals surface area contributed by atoms with Crippen LogP contribution in [0.1, 0.15) is 22.3 Å². The largest absolute Gasteiger partial charge is 0.381 e. The van der Waals surface area contributed by atoms with E-state index in [4.69, 9.17) is 4.74 Å². The molecule has 0 spiro atoms. The predicted molar refractivity (Wildman–Crippen MR) is 96.5 cm³/mol. The molecule has 1 N–H and O–H groups in total. The second-order valence-corrected chi connectivity index (χ2v) is 8.49. The quantitative estimate of drug-likeness (QED) is 0.869. The van der Waals surface area contributed by atoms with Gasteiger partial charge in [0, 0.05) is 17.9 Å². The van der Waals surface area contributed by atoms with Crippen LogP contribution in [-0.4, -0.2) is 33.3 Å². The molecule has 2 aromatic rings. The van der Waals surface area contributed by atoms with Crippen LogP contribution < -0.4 is 5.32 Å². The molecule has 5 nitrogen and oxygen atoms in total. The fourth-order valence-corrected chi connectivity index (χ4v) is 4.55. The van der Waals surface area contributed by atoms with Crippen molar-refractivity contribution in [1.82, 2.24) is 0 Å². The molecule has 1 amide bonds. The highest BCUT2D eigenvalue weighted by molar-refractivity contribution is 7.91. The molecule has 0 saturated carbocycles. The van der Waals surface area contributed by atoms with Gasteiger partial charge in [0.1, 0.15) is 5.82 Å². The summed E-state index contributed by atoms with van der Waals surface area (Å²) in [7, 11) is -3.49. The summed E-state index contributed by atoms with van der Waals surface area (Å²) < 4.78 is 43.7. The molecule has 1 saturated heterocycles. The standard InChI is InChI=1S/C19H20FNO4S/c1-13-9-16(5-6-18(13)20)21-19(22)15-3-2-4-17(10-15)26(23,24)12-14-7-8-25-11-14/h2-6,9-10,14H,7-8,11-12H2,1H3,(H,21,22)/t14-/m0/s1. The molecule has 0 unspecified atom stereocenters. The fraction of sp³-hybridized carbons (Fsp3) is 0.316. The van der Waals surface area contributed by atoms with Gasteiger partial charge in [0.05, 0.1) is 17.3 Å². The van der Waals surface area contributed by atoms with Crippen LogP contribution in [0, 0.1) is 18.7 Å². The Hall–Kier alpha value is -2.25. The fourth-order valence-electron chi connectivity index (χ4n) is 2.88. The van der Waals surface area contributed by atoms with Gasteiger partial charge in [-0.15, -0.1) is 0 Å². The van der Waals surface area contributed by atoms with Crippen molar-refractivity contribution in [3.63, 3.8) is 0 Å². The number of carbonyl (C=O) groups is 1. The Balaban J connectivity index is 1.77. The first-order valence-electron chi connectivity index (χ1n) is 8.33. The van der Waals surface area contributed by atoms with E-state index in [-0.39, 0.29) is 27.9 Å². The number of benzene rings is 2. The van der Waals surface area contributed by atoms with Crippen molar-refractivity contribution in [2.24, 2.45) is 5.92 Å². The first kappa shape index (κ1) is 18.5. The van der Waals surface area contributed by atoms with Crippen LogP contribution in [0.4, 0.5) is 10.1 Å². The van der Waals surface area contributed by atoms with E-state index >= 15 is 0 Å². The molecule has 1 heterocycles. The number of nitrogens with one attached hydrogen (secondary N) is 1. The molecule has 3 rings (SSSR count). The second-order valence-electron chi connectivity index (χ2n) is 6.46. The monoisotopic (exact) mass is 377 g/mol. The average molecular weight is 377 g/mol. The maximum Gasteiger partial charge on any atom is 0.255 e. The summed E-state index contributed by atoms with van der Waals surface area (Å²) in [6.07, 6.45) is 0.726. The lowest BCUT2D eigenvalue weighted by Gasteiger charge is -2.11. The van der Waals surface area contributed by atoms with Crippen molar-refractivity contribution in [3.05, 3.63) is 59.4 Å². The molecule has 1 aliphatic heterocycles. The summed E-state index contributed by atoms with van der Waals surface area (Å²) >= 11 is 0. The van der Waals surface area contributed by atoms with Crippen LogP contribution in [0.3, 0.4) is 0 Å². The SMILES string of the molecule is Cc1cc(NC(=O)c2cccc(S(=O)(=O)C[C@H]3CCOC3)c2)ccc1F. The second kappa shape index (κ2) is 7.55. The topological polar surface area (TPSA) is 72.5 Å². The third-order valence-corrected chi connectivity index (χ3v) is 6.23. The van der Waals surface area contributed by atoms with Crippen LogP contribution >= 0.6 is 0 Å². The van der Waals surface area contributed by atoms with E-state index in [0.29, 0.717) is 24.5 Å². The van der Waals surface area contributed by atoms with Gasteiger partial charge < -0.3 is 10.1 Å². The maximum atomic E-state index is 13.3. The summed E-state index contributed by atoms with van der Waals surface area (Å²) in [5, 5.41) is 2.66. The molecule has 1 aliphatic rings. The van der Waals surface area contributed by atoms with Gasteiger partial charge >= 0.3 is 0 Å². The van der Waals surface area contributed by atoms with Gasteiger partial charge in [-0.3, -0.25) is 4.79 Å². The molecule has 2 aromatic carbocycles. The molecule has 0 radical (unpaired) electrons. The highest BCUT2D eigenvalue weighted by atomic mass is 32.2. The van der Waals surface area contributed by atoms with Crippen molar-refractivity contribution in [1.29, 1.82) is 0 Å². The lowest BCUT2D eigenvalue weighted by molar-refractivity contribution is 0.102. The molecule has 26 heavy (non-hydrogen) atoms. The van der Waals surface area contributed by atoms with Crippen molar-refractivity contribution in [3.8, 4) is 0 Å². The van der Waals surface area contributed by atoms with E-state index in [0.717, 1.165) is 6.42 Å². The van der Waals surface area contributed by atoms with Gasteiger partial charge in [-0.05, 0) is 61.2 Å². The molecule has 1 atom stereocenters. The van der Waals surface area contributed by atoms with Crippen molar-refractivity contribution < 1.29 is 22.3 Å². The average Bonchev–Trinajstić information content (AvgIpc) is 3.10. The van der Waals surface area contributed by atoms with E-state index in [2.05, 4.69) is 5.32 Å².